The SMILES string of the molecule is CC(C(=O)OCC(=O)Nc1cccc(Cl)c1Cl)N1C(=O)c2ccc(C(=O)OCC(=O)Nc3cccc(Cl)c3Cl)cc2C1=O. The van der Waals surface area contributed by atoms with Gasteiger partial charge in [0.15, 0.2) is 13.2 Å². The monoisotopic (exact) mass is 665 g/mol. The van der Waals surface area contributed by atoms with Crippen LogP contribution in [0.25, 0.3) is 0 Å². The van der Waals surface area contributed by atoms with Crippen molar-refractivity contribution in [2.45, 2.75) is 13.0 Å². The van der Waals surface area contributed by atoms with E-state index in [0.29, 0.717) is 4.90 Å². The van der Waals surface area contributed by atoms with E-state index in [9.17, 15) is 28.8 Å². The Morgan fingerprint density at radius 3 is 1.81 bits per heavy atom. The number of amides is 4. The minimum Gasteiger partial charge on any atom is -0.454 e. The molecule has 11 nitrogen and oxygen atoms in total. The number of esters is 2. The van der Waals surface area contributed by atoms with E-state index < -0.39 is 54.8 Å². The van der Waals surface area contributed by atoms with Gasteiger partial charge in [0, 0.05) is 0 Å². The summed E-state index contributed by atoms with van der Waals surface area (Å²) in [7, 11) is 0. The molecule has 1 heterocycles. The van der Waals surface area contributed by atoms with Crippen LogP contribution < -0.4 is 10.6 Å². The third-order valence-electron chi connectivity index (χ3n) is 6.01. The van der Waals surface area contributed by atoms with Gasteiger partial charge < -0.3 is 20.1 Å². The third-order valence-corrected chi connectivity index (χ3v) is 7.65. The molecule has 0 aliphatic carbocycles. The van der Waals surface area contributed by atoms with Gasteiger partial charge in [-0.25, -0.2) is 9.59 Å². The van der Waals surface area contributed by atoms with Crippen molar-refractivity contribution in [2.75, 3.05) is 23.8 Å². The zero-order valence-electron chi connectivity index (χ0n) is 21.9. The maximum absolute atomic E-state index is 13.1. The van der Waals surface area contributed by atoms with Gasteiger partial charge in [-0.1, -0.05) is 58.5 Å². The normalized spacial score (nSPS) is 12.8. The molecule has 15 heteroatoms. The number of nitrogens with one attached hydrogen (secondary N) is 2. The molecule has 1 atom stereocenters. The van der Waals surface area contributed by atoms with Gasteiger partial charge in [-0.2, -0.15) is 0 Å². The molecule has 3 aromatic carbocycles. The van der Waals surface area contributed by atoms with E-state index in [1.807, 2.05) is 0 Å². The van der Waals surface area contributed by atoms with Gasteiger partial charge >= 0.3 is 11.9 Å². The van der Waals surface area contributed by atoms with Crippen LogP contribution in [-0.2, 0) is 23.9 Å². The molecule has 0 spiro atoms. The first-order valence-electron chi connectivity index (χ1n) is 12.2. The minimum absolute atomic E-state index is 0.0668. The molecule has 0 aromatic heterocycles. The molecule has 4 amide bonds. The molecule has 3 aromatic rings. The van der Waals surface area contributed by atoms with E-state index in [2.05, 4.69) is 10.6 Å². The Bertz CT molecular complexity index is 1680. The highest BCUT2D eigenvalue weighted by atomic mass is 35.5. The maximum atomic E-state index is 13.1. The first kappa shape index (κ1) is 31.8. The Labute approximate surface area is 263 Å². The van der Waals surface area contributed by atoms with Crippen LogP contribution >= 0.6 is 46.4 Å². The lowest BCUT2D eigenvalue weighted by Crippen LogP contribution is -2.44. The quantitative estimate of drug-likeness (QED) is 0.232. The molecular formula is C28H19Cl4N3O8. The molecule has 4 rings (SSSR count). The number of halogens is 4. The fourth-order valence-corrected chi connectivity index (χ4v) is 4.58. The number of hydrogen-bond donors (Lipinski definition) is 2. The zero-order chi connectivity index (χ0) is 31.4. The predicted octanol–water partition coefficient (Wildman–Crippen LogP) is 5.26. The second-order valence-corrected chi connectivity index (χ2v) is 10.5. The molecule has 1 unspecified atom stereocenters. The molecular weight excluding hydrogens is 648 g/mol. The average molecular weight is 667 g/mol. The number of fused-ring (bicyclic) bond motifs is 1. The fraction of sp³-hybridized carbons (Fsp3) is 0.143. The van der Waals surface area contributed by atoms with Crippen LogP contribution in [0.4, 0.5) is 11.4 Å². The Hall–Kier alpha value is -4.16. The van der Waals surface area contributed by atoms with Crippen molar-refractivity contribution in [1.29, 1.82) is 0 Å². The molecule has 0 bridgehead atoms. The van der Waals surface area contributed by atoms with Crippen molar-refractivity contribution in [3.8, 4) is 0 Å². The number of carbonyl (C=O) groups excluding carboxylic acids is 6. The summed E-state index contributed by atoms with van der Waals surface area (Å²) in [5.74, 6) is -5.10. The number of nitrogens with zero attached hydrogens (tertiary/aromatic N) is 1. The van der Waals surface area contributed by atoms with Gasteiger partial charge in [0.2, 0.25) is 0 Å². The van der Waals surface area contributed by atoms with Crippen molar-refractivity contribution in [3.05, 3.63) is 91.4 Å². The Kier molecular flexibility index (Phi) is 9.92. The summed E-state index contributed by atoms with van der Waals surface area (Å²) in [6.07, 6.45) is 0. The van der Waals surface area contributed by atoms with E-state index in [1.165, 1.54) is 43.3 Å². The molecule has 2 N–H and O–H groups in total. The number of benzene rings is 3. The van der Waals surface area contributed by atoms with Crippen LogP contribution in [-0.4, -0.2) is 59.7 Å². The van der Waals surface area contributed by atoms with Crippen LogP contribution in [0, 0.1) is 0 Å². The number of hydrogen-bond acceptors (Lipinski definition) is 8. The van der Waals surface area contributed by atoms with Gasteiger partial charge in [-0.3, -0.25) is 24.1 Å². The molecule has 0 saturated carbocycles. The van der Waals surface area contributed by atoms with E-state index in [-0.39, 0.29) is 48.2 Å². The van der Waals surface area contributed by atoms with Gasteiger partial charge in [0.05, 0.1) is 48.2 Å². The van der Waals surface area contributed by atoms with E-state index in [4.69, 9.17) is 55.9 Å². The topological polar surface area (TPSA) is 148 Å². The molecule has 0 saturated heterocycles. The van der Waals surface area contributed by atoms with Gasteiger partial charge in [0.25, 0.3) is 23.6 Å². The van der Waals surface area contributed by atoms with E-state index in [1.54, 1.807) is 12.1 Å². The van der Waals surface area contributed by atoms with E-state index >= 15 is 0 Å². The molecule has 1 aliphatic rings. The molecule has 222 valence electrons. The highest BCUT2D eigenvalue weighted by Crippen LogP contribution is 2.31. The zero-order valence-corrected chi connectivity index (χ0v) is 24.9. The third kappa shape index (κ3) is 7.08. The van der Waals surface area contributed by atoms with Crippen molar-refractivity contribution in [3.63, 3.8) is 0 Å². The molecule has 1 aliphatic heterocycles. The standard InChI is InChI=1S/C28H19Cl4N3O8/c1-13(27(40)42-11-21(36)33-19-6-2-4-17(29)23(19)31)35-25(38)15-9-8-14(10-16(15)26(35)39)28(41)43-12-22(37)34-20-7-3-5-18(30)24(20)32/h2-10,13H,11-12H2,1H3,(H,33,36)(H,34,37). The number of ether oxygens (including phenoxy) is 2. The Morgan fingerprint density at radius 2 is 1.26 bits per heavy atom. The maximum Gasteiger partial charge on any atom is 0.338 e. The average Bonchev–Trinajstić information content (AvgIpc) is 3.23. The predicted molar refractivity (Wildman–Crippen MR) is 158 cm³/mol. The first-order valence-corrected chi connectivity index (χ1v) is 13.7. The van der Waals surface area contributed by atoms with Gasteiger partial charge in [0.1, 0.15) is 6.04 Å². The molecule has 43 heavy (non-hydrogen) atoms. The Morgan fingerprint density at radius 1 is 0.744 bits per heavy atom. The van der Waals surface area contributed by atoms with Crippen molar-refractivity contribution >= 4 is 93.3 Å². The van der Waals surface area contributed by atoms with E-state index in [0.717, 1.165) is 6.07 Å². The second-order valence-electron chi connectivity index (χ2n) is 8.90. The van der Waals surface area contributed by atoms with Gasteiger partial charge in [-0.15, -0.1) is 0 Å². The summed E-state index contributed by atoms with van der Waals surface area (Å²) in [6, 6.07) is 11.3. The lowest BCUT2D eigenvalue weighted by atomic mass is 10.1. The minimum atomic E-state index is -1.41. The van der Waals surface area contributed by atoms with Crippen molar-refractivity contribution in [1.82, 2.24) is 4.90 Å². The largest absolute Gasteiger partial charge is 0.454 e. The summed E-state index contributed by atoms with van der Waals surface area (Å²) in [5.41, 5.74) is 0.0622. The lowest BCUT2D eigenvalue weighted by molar-refractivity contribution is -0.150. The number of imide groups is 1. The summed E-state index contributed by atoms with van der Waals surface area (Å²) in [6.45, 7) is -0.171. The summed E-state index contributed by atoms with van der Waals surface area (Å²) >= 11 is 23.9. The highest BCUT2D eigenvalue weighted by Gasteiger charge is 2.42. The summed E-state index contributed by atoms with van der Waals surface area (Å²) in [4.78, 5) is 76.3. The van der Waals surface area contributed by atoms with Crippen LogP contribution in [0.5, 0.6) is 0 Å². The van der Waals surface area contributed by atoms with Crippen LogP contribution in [0.3, 0.4) is 0 Å². The van der Waals surface area contributed by atoms with Crippen molar-refractivity contribution < 1.29 is 38.2 Å². The molecule has 0 fully saturated rings. The van der Waals surface area contributed by atoms with Crippen LogP contribution in [0.2, 0.25) is 20.1 Å². The number of anilines is 2. The van der Waals surface area contributed by atoms with Crippen LogP contribution in [0.15, 0.2) is 54.6 Å². The molecule has 0 radical (unpaired) electrons. The first-order chi connectivity index (χ1) is 20.4. The highest BCUT2D eigenvalue weighted by molar-refractivity contribution is 6.44. The number of rotatable bonds is 9. The Balaban J connectivity index is 1.34. The van der Waals surface area contributed by atoms with Crippen molar-refractivity contribution in [2.24, 2.45) is 0 Å². The summed E-state index contributed by atoms with van der Waals surface area (Å²) < 4.78 is 10.0. The number of carbonyl (C=O) groups is 6. The lowest BCUT2D eigenvalue weighted by Gasteiger charge is -2.20. The second kappa shape index (κ2) is 13.4. The smallest absolute Gasteiger partial charge is 0.338 e. The summed E-state index contributed by atoms with van der Waals surface area (Å²) in [5, 5.41) is 5.52. The fourth-order valence-electron chi connectivity index (χ4n) is 3.89. The van der Waals surface area contributed by atoms with Gasteiger partial charge in [-0.05, 0) is 49.4 Å². The van der Waals surface area contributed by atoms with Crippen LogP contribution in [0.1, 0.15) is 38.0 Å².